The van der Waals surface area contributed by atoms with Gasteiger partial charge in [0.1, 0.15) is 0 Å². The second-order valence-electron chi connectivity index (χ2n) is 8.05. The van der Waals surface area contributed by atoms with E-state index in [1.807, 2.05) is 44.2 Å². The zero-order valence-electron chi connectivity index (χ0n) is 18.9. The summed E-state index contributed by atoms with van der Waals surface area (Å²) in [5.74, 6) is -0.318. The molecular weight excluding hydrogens is 490 g/mol. The van der Waals surface area contributed by atoms with Crippen molar-refractivity contribution in [1.82, 2.24) is 9.97 Å². The number of fused-ring (bicyclic) bond motifs is 1. The molecule has 4 rings (SSSR count). The quantitative estimate of drug-likeness (QED) is 0.300. The molecule has 0 atom stereocenters. The number of hydrogen-bond donors (Lipinski definition) is 0. The van der Waals surface area contributed by atoms with E-state index in [0.29, 0.717) is 10.2 Å². The smallest absolute Gasteiger partial charge is 0.229 e. The SMILES string of the molecule is Cc1ccc(C)c2sc(N(Cc3ccccn3)C(=O)CCCS(=O)(=O)c3ccc(Cl)cc3)nc12. The molecule has 0 bridgehead atoms. The van der Waals surface area contributed by atoms with Gasteiger partial charge < -0.3 is 0 Å². The summed E-state index contributed by atoms with van der Waals surface area (Å²) in [4.78, 5) is 24.3. The van der Waals surface area contributed by atoms with Crippen molar-refractivity contribution in [3.8, 4) is 0 Å². The average Bonchev–Trinajstić information content (AvgIpc) is 3.27. The Balaban J connectivity index is 1.55. The molecule has 0 spiro atoms. The largest absolute Gasteiger partial charge is 0.282 e. The van der Waals surface area contributed by atoms with Crippen molar-refractivity contribution in [2.75, 3.05) is 10.7 Å². The van der Waals surface area contributed by atoms with Crippen LogP contribution in [0.2, 0.25) is 5.02 Å². The minimum Gasteiger partial charge on any atom is -0.282 e. The van der Waals surface area contributed by atoms with E-state index in [1.165, 1.54) is 23.5 Å². The molecule has 1 amide bonds. The average molecular weight is 514 g/mol. The maximum absolute atomic E-state index is 13.3. The second-order valence-corrected chi connectivity index (χ2v) is 11.6. The summed E-state index contributed by atoms with van der Waals surface area (Å²) < 4.78 is 26.4. The summed E-state index contributed by atoms with van der Waals surface area (Å²) >= 11 is 7.33. The lowest BCUT2D eigenvalue weighted by Crippen LogP contribution is -2.30. The number of carbonyl (C=O) groups is 1. The summed E-state index contributed by atoms with van der Waals surface area (Å²) in [7, 11) is -3.51. The van der Waals surface area contributed by atoms with Crippen molar-refractivity contribution in [1.29, 1.82) is 0 Å². The zero-order chi connectivity index (χ0) is 24.3. The molecule has 0 aliphatic rings. The lowest BCUT2D eigenvalue weighted by atomic mass is 10.1. The van der Waals surface area contributed by atoms with Crippen LogP contribution in [-0.4, -0.2) is 30.0 Å². The van der Waals surface area contributed by atoms with Crippen molar-refractivity contribution in [3.05, 3.63) is 82.6 Å². The van der Waals surface area contributed by atoms with Crippen molar-refractivity contribution in [3.63, 3.8) is 0 Å². The third-order valence-electron chi connectivity index (χ3n) is 5.49. The Morgan fingerprint density at radius 2 is 1.76 bits per heavy atom. The summed E-state index contributed by atoms with van der Waals surface area (Å²) in [5.41, 5.74) is 3.76. The van der Waals surface area contributed by atoms with Crippen molar-refractivity contribution >= 4 is 54.0 Å². The van der Waals surface area contributed by atoms with E-state index < -0.39 is 9.84 Å². The minimum atomic E-state index is -3.51. The van der Waals surface area contributed by atoms with Crippen LogP contribution in [0.5, 0.6) is 0 Å². The van der Waals surface area contributed by atoms with E-state index in [1.54, 1.807) is 23.2 Å². The van der Waals surface area contributed by atoms with Crippen LogP contribution in [0.1, 0.15) is 29.7 Å². The highest BCUT2D eigenvalue weighted by molar-refractivity contribution is 7.91. The Bertz CT molecular complexity index is 1380. The molecule has 0 unspecified atom stereocenters. The number of rotatable bonds is 8. The molecule has 0 saturated heterocycles. The lowest BCUT2D eigenvalue weighted by molar-refractivity contribution is -0.118. The van der Waals surface area contributed by atoms with Crippen molar-refractivity contribution < 1.29 is 13.2 Å². The van der Waals surface area contributed by atoms with Crippen LogP contribution in [0.3, 0.4) is 0 Å². The first-order valence-electron chi connectivity index (χ1n) is 10.8. The summed E-state index contributed by atoms with van der Waals surface area (Å²) in [5, 5.41) is 1.06. The standard InChI is InChI=1S/C25H24ClN3O3S2/c1-17-8-9-18(2)24-23(17)28-25(33-24)29(16-20-6-3-4-14-27-20)22(30)7-5-15-34(31,32)21-12-10-19(26)11-13-21/h3-4,6,8-14H,5,7,15-16H2,1-2H3. The summed E-state index contributed by atoms with van der Waals surface area (Å²) in [6, 6.07) is 15.7. The molecule has 34 heavy (non-hydrogen) atoms. The van der Waals surface area contributed by atoms with E-state index >= 15 is 0 Å². The number of anilines is 1. The number of aryl methyl sites for hydroxylation is 2. The Hall–Kier alpha value is -2.81. The highest BCUT2D eigenvalue weighted by Gasteiger charge is 2.23. The third kappa shape index (κ3) is 5.46. The Morgan fingerprint density at radius 3 is 2.44 bits per heavy atom. The minimum absolute atomic E-state index is 0.0769. The van der Waals surface area contributed by atoms with Crippen LogP contribution in [0.4, 0.5) is 5.13 Å². The van der Waals surface area contributed by atoms with E-state index in [4.69, 9.17) is 16.6 Å². The van der Waals surface area contributed by atoms with Gasteiger partial charge in [-0.2, -0.15) is 0 Å². The molecule has 0 aliphatic heterocycles. The Morgan fingerprint density at radius 1 is 1.03 bits per heavy atom. The second kappa shape index (κ2) is 10.2. The number of thiazole rings is 1. The van der Waals surface area contributed by atoms with E-state index in [2.05, 4.69) is 4.98 Å². The number of hydrogen-bond acceptors (Lipinski definition) is 6. The molecule has 6 nitrogen and oxygen atoms in total. The molecule has 9 heteroatoms. The van der Waals surface area contributed by atoms with Crippen molar-refractivity contribution in [2.45, 2.75) is 38.1 Å². The predicted molar refractivity (Wildman–Crippen MR) is 137 cm³/mol. The van der Waals surface area contributed by atoms with Crippen LogP contribution in [0.15, 0.2) is 65.7 Å². The fraction of sp³-hybridized carbons (Fsp3) is 0.240. The number of benzene rings is 2. The number of pyridine rings is 1. The van der Waals surface area contributed by atoms with Crippen LogP contribution in [0.25, 0.3) is 10.2 Å². The van der Waals surface area contributed by atoms with Gasteiger partial charge in [-0.15, -0.1) is 0 Å². The molecule has 0 radical (unpaired) electrons. The van der Waals surface area contributed by atoms with Crippen LogP contribution in [-0.2, 0) is 21.2 Å². The highest BCUT2D eigenvalue weighted by atomic mass is 35.5. The van der Waals surface area contributed by atoms with E-state index in [9.17, 15) is 13.2 Å². The van der Waals surface area contributed by atoms with Gasteiger partial charge in [0.25, 0.3) is 0 Å². The fourth-order valence-corrected chi connectivity index (χ4v) is 6.15. The van der Waals surface area contributed by atoms with Gasteiger partial charge >= 0.3 is 0 Å². The van der Waals surface area contributed by atoms with Gasteiger partial charge in [0.05, 0.1) is 33.1 Å². The van der Waals surface area contributed by atoms with Gasteiger partial charge in [-0.1, -0.05) is 41.1 Å². The maximum atomic E-state index is 13.3. The molecule has 0 saturated carbocycles. The number of aromatic nitrogens is 2. The monoisotopic (exact) mass is 513 g/mol. The number of sulfone groups is 1. The topological polar surface area (TPSA) is 80.2 Å². The normalized spacial score (nSPS) is 11.6. The Kier molecular flexibility index (Phi) is 7.30. The van der Waals surface area contributed by atoms with E-state index in [-0.39, 0.29) is 35.9 Å². The van der Waals surface area contributed by atoms with Crippen molar-refractivity contribution in [2.24, 2.45) is 0 Å². The number of carbonyl (C=O) groups excluding carboxylic acids is 1. The summed E-state index contributed by atoms with van der Waals surface area (Å²) in [6.45, 7) is 4.29. The number of nitrogens with zero attached hydrogens (tertiary/aromatic N) is 3. The van der Waals surface area contributed by atoms with Crippen LogP contribution >= 0.6 is 22.9 Å². The first kappa shape index (κ1) is 24.3. The first-order valence-corrected chi connectivity index (χ1v) is 13.6. The van der Waals surface area contributed by atoms with Gasteiger partial charge in [-0.3, -0.25) is 14.7 Å². The molecule has 4 aromatic rings. The fourth-order valence-electron chi connectivity index (χ4n) is 3.59. The molecule has 2 heterocycles. The number of halogens is 1. The van der Waals surface area contributed by atoms with Gasteiger partial charge in [-0.25, -0.2) is 13.4 Å². The van der Waals surface area contributed by atoms with Gasteiger partial charge in [-0.05, 0) is 67.8 Å². The van der Waals surface area contributed by atoms with Gasteiger partial charge in [0.15, 0.2) is 15.0 Å². The first-order chi connectivity index (χ1) is 16.2. The number of amides is 1. The Labute approximate surface area is 208 Å². The van der Waals surface area contributed by atoms with Crippen LogP contribution in [0, 0.1) is 13.8 Å². The third-order valence-corrected chi connectivity index (χ3v) is 8.77. The molecule has 0 aliphatic carbocycles. The maximum Gasteiger partial charge on any atom is 0.229 e. The predicted octanol–water partition coefficient (Wildman–Crippen LogP) is 5.75. The molecule has 176 valence electrons. The zero-order valence-corrected chi connectivity index (χ0v) is 21.3. The van der Waals surface area contributed by atoms with Gasteiger partial charge in [0, 0.05) is 17.6 Å². The van der Waals surface area contributed by atoms with Crippen LogP contribution < -0.4 is 4.90 Å². The summed E-state index contributed by atoms with van der Waals surface area (Å²) in [6.07, 6.45) is 1.96. The molecule has 0 N–H and O–H groups in total. The van der Waals surface area contributed by atoms with E-state index in [0.717, 1.165) is 27.0 Å². The van der Waals surface area contributed by atoms with Gasteiger partial charge in [0.2, 0.25) is 5.91 Å². The highest BCUT2D eigenvalue weighted by Crippen LogP contribution is 2.34. The molecular formula is C25H24ClN3O3S2. The lowest BCUT2D eigenvalue weighted by Gasteiger charge is -2.19. The molecule has 2 aromatic heterocycles. The molecule has 0 fully saturated rings. The molecule has 2 aromatic carbocycles.